The molecule has 1 aromatic carbocycles. The molecule has 0 aliphatic carbocycles. The lowest BCUT2D eigenvalue weighted by Gasteiger charge is -2.11. The predicted octanol–water partition coefficient (Wildman–Crippen LogP) is 2.29. The van der Waals surface area contributed by atoms with Crippen molar-refractivity contribution in [2.45, 2.75) is 13.3 Å². The zero-order valence-corrected chi connectivity index (χ0v) is 11.0. The Kier molecular flexibility index (Phi) is 5.15. The summed E-state index contributed by atoms with van der Waals surface area (Å²) in [6.45, 7) is 2.14. The van der Waals surface area contributed by atoms with Crippen molar-refractivity contribution in [2.75, 3.05) is 6.54 Å². The summed E-state index contributed by atoms with van der Waals surface area (Å²) in [4.78, 5) is 22.2. The number of carboxylic acids is 1. The maximum Gasteiger partial charge on any atom is 0.303 e. The monoisotopic (exact) mass is 299 g/mol. The Hall–Kier alpha value is -1.36. The number of benzene rings is 1. The van der Waals surface area contributed by atoms with Gasteiger partial charge in [-0.3, -0.25) is 9.59 Å². The molecule has 1 unspecified atom stereocenters. The van der Waals surface area contributed by atoms with Crippen LogP contribution in [0.2, 0.25) is 0 Å². The van der Waals surface area contributed by atoms with E-state index in [1.165, 1.54) is 0 Å². The first-order chi connectivity index (χ1) is 8.00. The Morgan fingerprint density at radius 2 is 2.06 bits per heavy atom. The summed E-state index contributed by atoms with van der Waals surface area (Å²) in [6, 6.07) is 7.10. The summed E-state index contributed by atoms with van der Waals surface area (Å²) in [5, 5.41) is 11.3. The van der Waals surface area contributed by atoms with E-state index in [1.807, 2.05) is 6.07 Å². The Morgan fingerprint density at radius 3 is 2.65 bits per heavy atom. The van der Waals surface area contributed by atoms with Crippen molar-refractivity contribution in [1.29, 1.82) is 0 Å². The smallest absolute Gasteiger partial charge is 0.303 e. The van der Waals surface area contributed by atoms with Crippen molar-refractivity contribution in [3.63, 3.8) is 0 Å². The number of rotatable bonds is 5. The predicted molar refractivity (Wildman–Crippen MR) is 67.9 cm³/mol. The van der Waals surface area contributed by atoms with E-state index >= 15 is 0 Å². The molecule has 0 radical (unpaired) electrons. The molecule has 92 valence electrons. The van der Waals surface area contributed by atoms with Crippen molar-refractivity contribution in [3.8, 4) is 0 Å². The van der Waals surface area contributed by atoms with Crippen LogP contribution in [0, 0.1) is 5.92 Å². The SMILES string of the molecule is CC(CNC(=O)c1ccccc1Br)CC(=O)O. The number of carbonyl (C=O) groups is 2. The molecule has 0 fully saturated rings. The van der Waals surface area contributed by atoms with E-state index in [2.05, 4.69) is 21.2 Å². The average Bonchev–Trinajstić information content (AvgIpc) is 2.25. The molecule has 0 spiro atoms. The van der Waals surface area contributed by atoms with E-state index in [4.69, 9.17) is 5.11 Å². The van der Waals surface area contributed by atoms with Crippen LogP contribution in [0.4, 0.5) is 0 Å². The molecule has 0 aliphatic rings. The van der Waals surface area contributed by atoms with Gasteiger partial charge in [-0.1, -0.05) is 19.1 Å². The zero-order chi connectivity index (χ0) is 12.8. The molecule has 0 saturated carbocycles. The molecule has 5 heteroatoms. The van der Waals surface area contributed by atoms with Gasteiger partial charge in [0.25, 0.3) is 5.91 Å². The fourth-order valence-corrected chi connectivity index (χ4v) is 1.84. The van der Waals surface area contributed by atoms with Gasteiger partial charge in [0.05, 0.1) is 5.56 Å². The molecular formula is C12H14BrNO3. The first-order valence-electron chi connectivity index (χ1n) is 5.25. The fraction of sp³-hybridized carbons (Fsp3) is 0.333. The number of hydrogen-bond donors (Lipinski definition) is 2. The van der Waals surface area contributed by atoms with Gasteiger partial charge in [0.15, 0.2) is 0 Å². The van der Waals surface area contributed by atoms with Gasteiger partial charge in [-0.25, -0.2) is 0 Å². The van der Waals surface area contributed by atoms with Crippen molar-refractivity contribution in [3.05, 3.63) is 34.3 Å². The van der Waals surface area contributed by atoms with E-state index in [9.17, 15) is 9.59 Å². The third-order valence-corrected chi connectivity index (χ3v) is 2.94. The molecular weight excluding hydrogens is 286 g/mol. The van der Waals surface area contributed by atoms with Crippen molar-refractivity contribution < 1.29 is 14.7 Å². The van der Waals surface area contributed by atoms with Crippen LogP contribution in [-0.4, -0.2) is 23.5 Å². The van der Waals surface area contributed by atoms with E-state index in [0.29, 0.717) is 12.1 Å². The molecule has 0 bridgehead atoms. The molecule has 1 rings (SSSR count). The maximum atomic E-state index is 11.8. The van der Waals surface area contributed by atoms with Crippen LogP contribution in [0.1, 0.15) is 23.7 Å². The molecule has 17 heavy (non-hydrogen) atoms. The molecule has 0 aromatic heterocycles. The third-order valence-electron chi connectivity index (χ3n) is 2.25. The maximum absolute atomic E-state index is 11.8. The highest BCUT2D eigenvalue weighted by Gasteiger charge is 2.12. The zero-order valence-electron chi connectivity index (χ0n) is 9.44. The van der Waals surface area contributed by atoms with Crippen LogP contribution < -0.4 is 5.32 Å². The van der Waals surface area contributed by atoms with Crippen LogP contribution in [0.3, 0.4) is 0 Å². The van der Waals surface area contributed by atoms with Crippen LogP contribution in [0.5, 0.6) is 0 Å². The topological polar surface area (TPSA) is 66.4 Å². The summed E-state index contributed by atoms with van der Waals surface area (Å²) in [5.74, 6) is -1.14. The lowest BCUT2D eigenvalue weighted by atomic mass is 10.1. The number of amides is 1. The second kappa shape index (κ2) is 6.39. The quantitative estimate of drug-likeness (QED) is 0.877. The number of carboxylic acid groups (broad SMARTS) is 1. The summed E-state index contributed by atoms with van der Waals surface area (Å²) in [7, 11) is 0. The van der Waals surface area contributed by atoms with E-state index in [-0.39, 0.29) is 18.2 Å². The molecule has 2 N–H and O–H groups in total. The van der Waals surface area contributed by atoms with Crippen LogP contribution in [0.25, 0.3) is 0 Å². The number of aliphatic carboxylic acids is 1. The summed E-state index contributed by atoms with van der Waals surface area (Å²) < 4.78 is 0.725. The van der Waals surface area contributed by atoms with E-state index < -0.39 is 5.97 Å². The fourth-order valence-electron chi connectivity index (χ4n) is 1.38. The Balaban J connectivity index is 2.51. The Morgan fingerprint density at radius 1 is 1.41 bits per heavy atom. The standard InChI is InChI=1S/C12H14BrNO3/c1-8(6-11(15)16)7-14-12(17)9-4-2-3-5-10(9)13/h2-5,8H,6-7H2,1H3,(H,14,17)(H,15,16). The average molecular weight is 300 g/mol. The highest BCUT2D eigenvalue weighted by molar-refractivity contribution is 9.10. The second-order valence-corrected chi connectivity index (χ2v) is 4.75. The second-order valence-electron chi connectivity index (χ2n) is 3.89. The molecule has 0 heterocycles. The van der Waals surface area contributed by atoms with Crippen molar-refractivity contribution in [1.82, 2.24) is 5.32 Å². The normalized spacial score (nSPS) is 11.9. The molecule has 1 atom stereocenters. The summed E-state index contributed by atoms with van der Waals surface area (Å²) >= 11 is 3.29. The van der Waals surface area contributed by atoms with Gasteiger partial charge >= 0.3 is 5.97 Å². The van der Waals surface area contributed by atoms with Crippen molar-refractivity contribution >= 4 is 27.8 Å². The van der Waals surface area contributed by atoms with Crippen molar-refractivity contribution in [2.24, 2.45) is 5.92 Å². The molecule has 0 aliphatic heterocycles. The van der Waals surface area contributed by atoms with Gasteiger partial charge in [0.2, 0.25) is 0 Å². The molecule has 0 saturated heterocycles. The summed E-state index contributed by atoms with van der Waals surface area (Å²) in [6.07, 6.45) is 0.0518. The molecule has 1 amide bonds. The highest BCUT2D eigenvalue weighted by Crippen LogP contribution is 2.15. The van der Waals surface area contributed by atoms with Gasteiger partial charge in [-0.05, 0) is 34.0 Å². The van der Waals surface area contributed by atoms with Gasteiger partial charge in [0.1, 0.15) is 0 Å². The van der Waals surface area contributed by atoms with Crippen LogP contribution in [-0.2, 0) is 4.79 Å². The third kappa shape index (κ3) is 4.56. The lowest BCUT2D eigenvalue weighted by molar-refractivity contribution is -0.137. The van der Waals surface area contributed by atoms with Gasteiger partial charge in [-0.15, -0.1) is 0 Å². The number of carbonyl (C=O) groups excluding carboxylic acids is 1. The van der Waals surface area contributed by atoms with E-state index in [0.717, 1.165) is 4.47 Å². The Labute approximate surface area is 108 Å². The van der Waals surface area contributed by atoms with Gasteiger partial charge in [0, 0.05) is 17.4 Å². The van der Waals surface area contributed by atoms with Gasteiger partial charge < -0.3 is 10.4 Å². The Bertz CT molecular complexity index is 420. The number of halogens is 1. The number of nitrogens with one attached hydrogen (secondary N) is 1. The van der Waals surface area contributed by atoms with Crippen LogP contribution >= 0.6 is 15.9 Å². The molecule has 1 aromatic rings. The first-order valence-corrected chi connectivity index (χ1v) is 6.04. The van der Waals surface area contributed by atoms with Gasteiger partial charge in [-0.2, -0.15) is 0 Å². The minimum atomic E-state index is -0.854. The minimum absolute atomic E-state index is 0.0518. The summed E-state index contributed by atoms with van der Waals surface area (Å²) in [5.41, 5.74) is 0.551. The number of hydrogen-bond acceptors (Lipinski definition) is 2. The molecule has 4 nitrogen and oxygen atoms in total. The lowest BCUT2D eigenvalue weighted by Crippen LogP contribution is -2.29. The highest BCUT2D eigenvalue weighted by atomic mass is 79.9. The van der Waals surface area contributed by atoms with Crippen LogP contribution in [0.15, 0.2) is 28.7 Å². The minimum Gasteiger partial charge on any atom is -0.481 e. The largest absolute Gasteiger partial charge is 0.481 e. The first kappa shape index (κ1) is 13.7. The van der Waals surface area contributed by atoms with E-state index in [1.54, 1.807) is 25.1 Å².